The number of ether oxygens (including phenoxy) is 1. The predicted molar refractivity (Wildman–Crippen MR) is 136 cm³/mol. The number of nitrogens with zero attached hydrogens (tertiary/aromatic N) is 1. The second kappa shape index (κ2) is 12.8. The third-order valence-corrected chi connectivity index (χ3v) is 5.83. The molecular formula is C28H31ClN2O3. The summed E-state index contributed by atoms with van der Waals surface area (Å²) in [6.45, 7) is 2.86. The molecule has 178 valence electrons. The Kier molecular flexibility index (Phi) is 9.53. The van der Waals surface area contributed by atoms with Gasteiger partial charge in [0, 0.05) is 24.5 Å². The fraction of sp³-hybridized carbons (Fsp3) is 0.286. The molecule has 1 atom stereocenters. The first-order chi connectivity index (χ1) is 16.5. The lowest BCUT2D eigenvalue weighted by Crippen LogP contribution is -2.51. The van der Waals surface area contributed by atoms with E-state index in [9.17, 15) is 9.59 Å². The zero-order valence-corrected chi connectivity index (χ0v) is 20.4. The van der Waals surface area contributed by atoms with Gasteiger partial charge in [-0.1, -0.05) is 73.1 Å². The predicted octanol–water partition coefficient (Wildman–Crippen LogP) is 5.06. The van der Waals surface area contributed by atoms with Gasteiger partial charge in [0.15, 0.2) is 0 Å². The maximum absolute atomic E-state index is 13.6. The van der Waals surface area contributed by atoms with Crippen molar-refractivity contribution in [2.24, 2.45) is 0 Å². The molecule has 0 unspecified atom stereocenters. The highest BCUT2D eigenvalue weighted by molar-refractivity contribution is 6.30. The highest BCUT2D eigenvalue weighted by atomic mass is 35.5. The largest absolute Gasteiger partial charge is 0.497 e. The average molecular weight is 479 g/mol. The molecule has 0 aliphatic heterocycles. The lowest BCUT2D eigenvalue weighted by Gasteiger charge is -2.32. The van der Waals surface area contributed by atoms with E-state index in [2.05, 4.69) is 5.32 Å². The van der Waals surface area contributed by atoms with Gasteiger partial charge in [0.1, 0.15) is 11.8 Å². The molecule has 3 aromatic carbocycles. The Balaban J connectivity index is 1.95. The summed E-state index contributed by atoms with van der Waals surface area (Å²) in [4.78, 5) is 28.6. The number of halogens is 1. The number of rotatable bonds is 11. The molecule has 1 N–H and O–H groups in total. The van der Waals surface area contributed by atoms with E-state index in [0.29, 0.717) is 30.3 Å². The minimum absolute atomic E-state index is 0.127. The van der Waals surface area contributed by atoms with Gasteiger partial charge in [0.05, 0.1) is 13.5 Å². The molecule has 0 aliphatic carbocycles. The zero-order chi connectivity index (χ0) is 24.3. The molecule has 0 radical (unpaired) electrons. The molecule has 0 fully saturated rings. The summed E-state index contributed by atoms with van der Waals surface area (Å²) in [5.74, 6) is 0.424. The maximum atomic E-state index is 13.6. The Morgan fingerprint density at radius 1 is 0.941 bits per heavy atom. The van der Waals surface area contributed by atoms with E-state index >= 15 is 0 Å². The Hall–Kier alpha value is -3.31. The minimum atomic E-state index is -0.653. The molecule has 6 heteroatoms. The van der Waals surface area contributed by atoms with Crippen LogP contribution in [0.1, 0.15) is 30.0 Å². The number of carbonyl (C=O) groups excluding carboxylic acids is 2. The molecule has 2 amide bonds. The number of hydrogen-bond acceptors (Lipinski definition) is 3. The lowest BCUT2D eigenvalue weighted by molar-refractivity contribution is -0.140. The van der Waals surface area contributed by atoms with Gasteiger partial charge in [0.25, 0.3) is 0 Å². The van der Waals surface area contributed by atoms with E-state index in [1.807, 2.05) is 73.7 Å². The highest BCUT2D eigenvalue weighted by Crippen LogP contribution is 2.20. The van der Waals surface area contributed by atoms with Crippen molar-refractivity contribution in [2.45, 2.75) is 38.8 Å². The van der Waals surface area contributed by atoms with Crippen molar-refractivity contribution in [3.05, 3.63) is 101 Å². The first-order valence-electron chi connectivity index (χ1n) is 11.5. The second-order valence-electron chi connectivity index (χ2n) is 8.17. The summed E-state index contributed by atoms with van der Waals surface area (Å²) < 4.78 is 5.37. The Labute approximate surface area is 206 Å². The van der Waals surface area contributed by atoms with Gasteiger partial charge < -0.3 is 15.0 Å². The van der Waals surface area contributed by atoms with Crippen LogP contribution >= 0.6 is 11.6 Å². The van der Waals surface area contributed by atoms with Crippen molar-refractivity contribution in [1.29, 1.82) is 0 Å². The van der Waals surface area contributed by atoms with Crippen LogP contribution in [0.15, 0.2) is 78.9 Å². The van der Waals surface area contributed by atoms with Crippen LogP contribution in [-0.4, -0.2) is 36.4 Å². The van der Waals surface area contributed by atoms with Crippen LogP contribution in [0.3, 0.4) is 0 Å². The monoisotopic (exact) mass is 478 g/mol. The van der Waals surface area contributed by atoms with E-state index in [1.54, 1.807) is 24.1 Å². The normalized spacial score (nSPS) is 11.5. The van der Waals surface area contributed by atoms with Gasteiger partial charge in [-0.2, -0.15) is 0 Å². The smallest absolute Gasteiger partial charge is 0.243 e. The highest BCUT2D eigenvalue weighted by Gasteiger charge is 2.30. The number of benzene rings is 3. The molecule has 0 bridgehead atoms. The standard InChI is InChI=1S/C28H31ClN2O3/c1-3-16-30-28(33)26(18-21-8-5-4-6-9-21)31(20-23-10-7-11-25(17-23)34-2)27(32)19-22-12-14-24(29)15-13-22/h4-15,17,26H,3,16,18-20H2,1-2H3,(H,30,33)/t26-/m0/s1. The SMILES string of the molecule is CCCNC(=O)[C@H](Cc1ccccc1)N(Cc1cccc(OC)c1)C(=O)Cc1ccc(Cl)cc1. The van der Waals surface area contributed by atoms with Crippen molar-refractivity contribution in [1.82, 2.24) is 10.2 Å². The van der Waals surface area contributed by atoms with E-state index in [-0.39, 0.29) is 18.2 Å². The summed E-state index contributed by atoms with van der Waals surface area (Å²) in [6.07, 6.45) is 1.42. The molecule has 0 saturated carbocycles. The summed E-state index contributed by atoms with van der Waals surface area (Å²) in [7, 11) is 1.61. The first kappa shape index (κ1) is 25.3. The van der Waals surface area contributed by atoms with Crippen LogP contribution < -0.4 is 10.1 Å². The molecule has 0 heterocycles. The van der Waals surface area contributed by atoms with Crippen molar-refractivity contribution in [2.75, 3.05) is 13.7 Å². The third kappa shape index (κ3) is 7.35. The number of carbonyl (C=O) groups is 2. The van der Waals surface area contributed by atoms with Crippen LogP contribution in [-0.2, 0) is 29.0 Å². The molecular weight excluding hydrogens is 448 g/mol. The van der Waals surface area contributed by atoms with E-state index in [1.165, 1.54) is 0 Å². The maximum Gasteiger partial charge on any atom is 0.243 e. The summed E-state index contributed by atoms with van der Waals surface area (Å²) >= 11 is 6.02. The van der Waals surface area contributed by atoms with Crippen LogP contribution in [0, 0.1) is 0 Å². The first-order valence-corrected chi connectivity index (χ1v) is 11.9. The Morgan fingerprint density at radius 3 is 2.32 bits per heavy atom. The summed E-state index contributed by atoms with van der Waals surface area (Å²) in [6, 6.07) is 23.9. The summed E-state index contributed by atoms with van der Waals surface area (Å²) in [5, 5.41) is 3.61. The van der Waals surface area contributed by atoms with Crippen molar-refractivity contribution >= 4 is 23.4 Å². The fourth-order valence-corrected chi connectivity index (χ4v) is 3.89. The second-order valence-corrected chi connectivity index (χ2v) is 8.61. The van der Waals surface area contributed by atoms with E-state index in [4.69, 9.17) is 16.3 Å². The van der Waals surface area contributed by atoms with Crippen LogP contribution in [0.4, 0.5) is 0 Å². The molecule has 0 saturated heterocycles. The number of methoxy groups -OCH3 is 1. The van der Waals surface area contributed by atoms with Crippen molar-refractivity contribution in [3.8, 4) is 5.75 Å². The molecule has 3 aromatic rings. The topological polar surface area (TPSA) is 58.6 Å². The van der Waals surface area contributed by atoms with Gasteiger partial charge in [-0.3, -0.25) is 9.59 Å². The zero-order valence-electron chi connectivity index (χ0n) is 19.7. The van der Waals surface area contributed by atoms with Crippen LogP contribution in [0.2, 0.25) is 5.02 Å². The third-order valence-electron chi connectivity index (χ3n) is 5.58. The van der Waals surface area contributed by atoms with E-state index < -0.39 is 6.04 Å². The number of amides is 2. The molecule has 5 nitrogen and oxygen atoms in total. The average Bonchev–Trinajstić information content (AvgIpc) is 2.86. The van der Waals surface area contributed by atoms with Gasteiger partial charge >= 0.3 is 0 Å². The summed E-state index contributed by atoms with van der Waals surface area (Å²) in [5.41, 5.74) is 2.73. The molecule has 34 heavy (non-hydrogen) atoms. The fourth-order valence-electron chi connectivity index (χ4n) is 3.77. The van der Waals surface area contributed by atoms with Gasteiger partial charge in [0.2, 0.25) is 11.8 Å². The van der Waals surface area contributed by atoms with Crippen molar-refractivity contribution < 1.29 is 14.3 Å². The van der Waals surface area contributed by atoms with Gasteiger partial charge in [-0.15, -0.1) is 0 Å². The molecule has 0 aromatic heterocycles. The van der Waals surface area contributed by atoms with Crippen LogP contribution in [0.5, 0.6) is 5.75 Å². The van der Waals surface area contributed by atoms with Gasteiger partial charge in [-0.05, 0) is 47.4 Å². The number of hydrogen-bond donors (Lipinski definition) is 1. The Bertz CT molecular complexity index is 1070. The van der Waals surface area contributed by atoms with Crippen LogP contribution in [0.25, 0.3) is 0 Å². The molecule has 0 aliphatic rings. The Morgan fingerprint density at radius 2 is 1.65 bits per heavy atom. The molecule has 0 spiro atoms. The number of nitrogens with one attached hydrogen (secondary N) is 1. The quantitative estimate of drug-likeness (QED) is 0.419. The van der Waals surface area contributed by atoms with Crippen molar-refractivity contribution in [3.63, 3.8) is 0 Å². The van der Waals surface area contributed by atoms with Gasteiger partial charge in [-0.25, -0.2) is 0 Å². The minimum Gasteiger partial charge on any atom is -0.497 e. The van der Waals surface area contributed by atoms with E-state index in [0.717, 1.165) is 23.1 Å². The lowest BCUT2D eigenvalue weighted by atomic mass is 10.0. The molecule has 3 rings (SSSR count).